The third-order valence-electron chi connectivity index (χ3n) is 1.57. The summed E-state index contributed by atoms with van der Waals surface area (Å²) in [5, 5.41) is 10.4. The van der Waals surface area contributed by atoms with Gasteiger partial charge in [0, 0.05) is 0 Å². The van der Waals surface area contributed by atoms with E-state index in [4.69, 9.17) is 0 Å². The molecule has 0 unspecified atom stereocenters. The van der Waals surface area contributed by atoms with E-state index in [2.05, 4.69) is 25.7 Å². The fourth-order valence-corrected chi connectivity index (χ4v) is 1.41. The molecule has 0 spiro atoms. The number of nitrogens with zero attached hydrogens (tertiary/aromatic N) is 2. The second-order valence-electron chi connectivity index (χ2n) is 2.67. The minimum atomic E-state index is -5.23. The van der Waals surface area contributed by atoms with Gasteiger partial charge in [-0.05, 0) is 0 Å². The first kappa shape index (κ1) is 13.6. The largest absolute Gasteiger partial charge is 0.573 e. The van der Waals surface area contributed by atoms with E-state index >= 15 is 0 Å². The van der Waals surface area contributed by atoms with Crippen molar-refractivity contribution in [3.63, 3.8) is 0 Å². The lowest BCUT2D eigenvalue weighted by Crippen LogP contribution is -2.19. The van der Waals surface area contributed by atoms with Gasteiger partial charge in [0.15, 0.2) is 5.82 Å². The number of hydrogen-bond donors (Lipinski definition) is 0. The highest BCUT2D eigenvalue weighted by atomic mass is 79.9. The van der Waals surface area contributed by atoms with Gasteiger partial charge in [-0.3, -0.25) is 10.1 Å². The van der Waals surface area contributed by atoms with Gasteiger partial charge in [0.25, 0.3) is 0 Å². The summed E-state index contributed by atoms with van der Waals surface area (Å²) >= 11 is 2.79. The number of alkyl halides is 4. The van der Waals surface area contributed by atoms with E-state index in [-0.39, 0.29) is 11.0 Å². The molecule has 1 aromatic rings. The molecular weight excluding hydrogens is 316 g/mol. The van der Waals surface area contributed by atoms with Crippen LogP contribution in [0.4, 0.5) is 23.2 Å². The van der Waals surface area contributed by atoms with Gasteiger partial charge >= 0.3 is 12.0 Å². The van der Waals surface area contributed by atoms with Gasteiger partial charge < -0.3 is 4.74 Å². The van der Waals surface area contributed by atoms with Crippen LogP contribution in [0.1, 0.15) is 5.69 Å². The summed E-state index contributed by atoms with van der Waals surface area (Å²) in [5.41, 5.74) is -1.52. The summed E-state index contributed by atoms with van der Waals surface area (Å²) in [6.07, 6.45) is -4.80. The predicted molar refractivity (Wildman–Crippen MR) is 50.2 cm³/mol. The molecule has 0 N–H and O–H groups in total. The first-order chi connectivity index (χ1) is 7.76. The Balaban J connectivity index is 3.39. The Kier molecular flexibility index (Phi) is 3.86. The van der Waals surface area contributed by atoms with E-state index in [0.29, 0.717) is 6.20 Å². The fraction of sp³-hybridized carbons (Fsp3) is 0.286. The van der Waals surface area contributed by atoms with Crippen LogP contribution in [-0.4, -0.2) is 16.3 Å². The lowest BCUT2D eigenvalue weighted by molar-refractivity contribution is -0.389. The topological polar surface area (TPSA) is 65.3 Å². The molecule has 0 amide bonds. The van der Waals surface area contributed by atoms with E-state index in [1.54, 1.807) is 0 Å². The maximum absolute atomic E-state index is 13.0. The summed E-state index contributed by atoms with van der Waals surface area (Å²) in [5.74, 6) is -3.05. The molecule has 17 heavy (non-hydrogen) atoms. The zero-order valence-corrected chi connectivity index (χ0v) is 9.38. The van der Waals surface area contributed by atoms with Gasteiger partial charge in [0.1, 0.15) is 5.69 Å². The zero-order chi connectivity index (χ0) is 13.2. The summed E-state index contributed by atoms with van der Waals surface area (Å²) in [6, 6.07) is 0. The van der Waals surface area contributed by atoms with Crippen LogP contribution in [-0.2, 0) is 5.33 Å². The lowest BCUT2D eigenvalue weighted by atomic mass is 10.3. The normalized spacial score (nSPS) is 11.4. The smallest absolute Gasteiger partial charge is 0.395 e. The number of rotatable bonds is 3. The van der Waals surface area contributed by atoms with Crippen molar-refractivity contribution in [2.24, 2.45) is 0 Å². The van der Waals surface area contributed by atoms with Crippen molar-refractivity contribution < 1.29 is 27.2 Å². The van der Waals surface area contributed by atoms with Crippen molar-refractivity contribution in [2.45, 2.75) is 11.7 Å². The van der Waals surface area contributed by atoms with Crippen molar-refractivity contribution in [1.82, 2.24) is 4.98 Å². The Morgan fingerprint density at radius 2 is 2.12 bits per heavy atom. The van der Waals surface area contributed by atoms with E-state index in [0.717, 1.165) is 0 Å². The van der Waals surface area contributed by atoms with E-state index in [9.17, 15) is 27.7 Å². The number of aromatic nitrogens is 1. The molecule has 1 heterocycles. The number of nitro groups is 1. The Bertz CT molecular complexity index is 451. The molecule has 0 fully saturated rings. The second kappa shape index (κ2) is 4.82. The quantitative estimate of drug-likeness (QED) is 0.372. The van der Waals surface area contributed by atoms with Gasteiger partial charge in [-0.25, -0.2) is 9.37 Å². The highest BCUT2D eigenvalue weighted by Crippen LogP contribution is 2.36. The molecule has 0 saturated heterocycles. The standard InChI is InChI=1S/C7H3BrF4N2O3/c8-1-4-5(14(15)16)6(3(9)2-13-4)17-7(10,11)12/h2H,1H2. The molecular formula is C7H3BrF4N2O3. The van der Waals surface area contributed by atoms with Crippen molar-refractivity contribution in [3.05, 3.63) is 27.8 Å². The molecule has 10 heteroatoms. The van der Waals surface area contributed by atoms with E-state index in [1.807, 2.05) is 0 Å². The summed E-state index contributed by atoms with van der Waals surface area (Å²) in [7, 11) is 0. The Labute approximate surface area is 99.7 Å². The Morgan fingerprint density at radius 3 is 2.53 bits per heavy atom. The number of hydrogen-bond acceptors (Lipinski definition) is 4. The van der Waals surface area contributed by atoms with Crippen LogP contribution < -0.4 is 4.74 Å². The summed E-state index contributed by atoms with van der Waals surface area (Å²) in [6.45, 7) is 0. The average molecular weight is 319 g/mol. The Hall–Kier alpha value is -1.45. The van der Waals surface area contributed by atoms with Crippen molar-refractivity contribution in [1.29, 1.82) is 0 Å². The second-order valence-corrected chi connectivity index (χ2v) is 3.23. The zero-order valence-electron chi connectivity index (χ0n) is 7.79. The molecule has 0 aromatic carbocycles. The first-order valence-electron chi connectivity index (χ1n) is 3.89. The number of pyridine rings is 1. The summed E-state index contributed by atoms with van der Waals surface area (Å²) < 4.78 is 52.2. The van der Waals surface area contributed by atoms with Crippen LogP contribution in [0, 0.1) is 15.9 Å². The minimum Gasteiger partial charge on any atom is -0.395 e. The maximum Gasteiger partial charge on any atom is 0.573 e. The van der Waals surface area contributed by atoms with Crippen molar-refractivity contribution in [3.8, 4) is 5.75 Å². The van der Waals surface area contributed by atoms with Crippen LogP contribution in [0.15, 0.2) is 6.20 Å². The number of ether oxygens (including phenoxy) is 1. The van der Waals surface area contributed by atoms with Gasteiger partial charge in [-0.15, -0.1) is 13.2 Å². The highest BCUT2D eigenvalue weighted by Gasteiger charge is 2.38. The molecule has 94 valence electrons. The molecule has 0 bridgehead atoms. The molecule has 0 aliphatic rings. The van der Waals surface area contributed by atoms with E-state index < -0.39 is 28.5 Å². The molecule has 0 aliphatic carbocycles. The molecule has 0 saturated carbocycles. The first-order valence-corrected chi connectivity index (χ1v) is 5.02. The summed E-state index contributed by atoms with van der Waals surface area (Å²) in [4.78, 5) is 12.7. The minimum absolute atomic E-state index is 0.211. The van der Waals surface area contributed by atoms with Crippen molar-refractivity contribution >= 4 is 21.6 Å². The molecule has 0 atom stereocenters. The molecule has 5 nitrogen and oxygen atoms in total. The van der Waals surface area contributed by atoms with Crippen molar-refractivity contribution in [2.75, 3.05) is 0 Å². The number of halogens is 5. The molecule has 1 rings (SSSR count). The van der Waals surface area contributed by atoms with Crippen LogP contribution >= 0.6 is 15.9 Å². The van der Waals surface area contributed by atoms with E-state index in [1.165, 1.54) is 0 Å². The monoisotopic (exact) mass is 318 g/mol. The van der Waals surface area contributed by atoms with Crippen LogP contribution in [0.2, 0.25) is 0 Å². The molecule has 1 aromatic heterocycles. The third kappa shape index (κ3) is 3.25. The molecule has 0 radical (unpaired) electrons. The average Bonchev–Trinajstić information content (AvgIpc) is 2.18. The predicted octanol–water partition coefficient (Wildman–Crippen LogP) is 2.92. The SMILES string of the molecule is O=[N+]([O-])c1c(CBr)ncc(F)c1OC(F)(F)F. The van der Waals surface area contributed by atoms with Gasteiger partial charge in [-0.2, -0.15) is 0 Å². The third-order valence-corrected chi connectivity index (χ3v) is 2.10. The van der Waals surface area contributed by atoms with Gasteiger partial charge in [0.2, 0.25) is 5.75 Å². The fourth-order valence-electron chi connectivity index (χ4n) is 0.997. The molecule has 0 aliphatic heterocycles. The van der Waals surface area contributed by atoms with Crippen LogP contribution in [0.25, 0.3) is 0 Å². The lowest BCUT2D eigenvalue weighted by Gasteiger charge is -2.10. The van der Waals surface area contributed by atoms with Crippen LogP contribution in [0.5, 0.6) is 5.75 Å². The van der Waals surface area contributed by atoms with Gasteiger partial charge in [0.05, 0.1) is 16.5 Å². The van der Waals surface area contributed by atoms with Gasteiger partial charge in [-0.1, -0.05) is 15.9 Å². The highest BCUT2D eigenvalue weighted by molar-refractivity contribution is 9.08. The van der Waals surface area contributed by atoms with Crippen LogP contribution in [0.3, 0.4) is 0 Å². The Morgan fingerprint density at radius 1 is 1.53 bits per heavy atom. The maximum atomic E-state index is 13.0.